The van der Waals surface area contributed by atoms with Gasteiger partial charge in [-0.05, 0) is 30.3 Å². The maximum absolute atomic E-state index is 14.3. The number of benzene rings is 2. The molecule has 1 fully saturated rings. The molecule has 1 aliphatic rings. The van der Waals surface area contributed by atoms with Gasteiger partial charge in [0.05, 0.1) is 34.3 Å². The highest BCUT2D eigenvalue weighted by Crippen LogP contribution is 2.38. The first-order valence-electron chi connectivity index (χ1n) is 10.2. The number of aromatic nitrogens is 3. The molecule has 5 rings (SSSR count). The zero-order valence-corrected chi connectivity index (χ0v) is 19.0. The Balaban J connectivity index is 1.74. The van der Waals surface area contributed by atoms with E-state index in [9.17, 15) is 13.6 Å². The molecule has 174 valence electrons. The second kappa shape index (κ2) is 9.17. The van der Waals surface area contributed by atoms with Gasteiger partial charge >= 0.3 is 0 Å². The van der Waals surface area contributed by atoms with E-state index in [2.05, 4.69) is 10.1 Å². The molecule has 0 amide bonds. The average molecular weight is 505 g/mol. The van der Waals surface area contributed by atoms with Gasteiger partial charge in [-0.2, -0.15) is 4.98 Å². The van der Waals surface area contributed by atoms with Crippen LogP contribution in [-0.4, -0.2) is 40.9 Å². The minimum Gasteiger partial charge on any atom is -0.433 e. The third-order valence-corrected chi connectivity index (χ3v) is 5.99. The second-order valence-corrected chi connectivity index (χ2v) is 8.28. The maximum atomic E-state index is 14.3. The van der Waals surface area contributed by atoms with Crippen molar-refractivity contribution in [2.24, 2.45) is 0 Å². The first-order valence-corrected chi connectivity index (χ1v) is 11.0. The lowest BCUT2D eigenvalue weighted by molar-refractivity contribution is 0.122. The fourth-order valence-electron chi connectivity index (χ4n) is 3.75. The first-order chi connectivity index (χ1) is 16.4. The Hall–Kier alpha value is -3.27. The van der Waals surface area contributed by atoms with Crippen LogP contribution in [-0.2, 0) is 4.74 Å². The van der Waals surface area contributed by atoms with Gasteiger partial charge in [0.1, 0.15) is 17.8 Å². The SMILES string of the molecule is O=c1ncn2nc(Oc3ccc(F)cc3F)c(N3CCOCC3)cc2c1-c1c(Cl)cccc1Cl. The molecule has 0 unspecified atom stereocenters. The highest BCUT2D eigenvalue weighted by Gasteiger charge is 2.23. The number of hydrogen-bond donors (Lipinski definition) is 0. The molecule has 2 aromatic heterocycles. The van der Waals surface area contributed by atoms with Crippen LogP contribution in [0.15, 0.2) is 53.6 Å². The first kappa shape index (κ1) is 22.5. The summed E-state index contributed by atoms with van der Waals surface area (Å²) >= 11 is 12.8. The number of nitrogens with zero attached hydrogens (tertiary/aromatic N) is 4. The van der Waals surface area contributed by atoms with E-state index in [1.54, 1.807) is 24.3 Å². The van der Waals surface area contributed by atoms with E-state index in [1.807, 2.05) is 4.90 Å². The minimum absolute atomic E-state index is 0.0431. The standard InChI is InChI=1S/C23H16Cl2F2N4O3/c24-14-2-1-3-15(25)20(14)21-17-11-18(30-6-8-33-9-7-30)23(29-31(17)12-28-22(21)32)34-19-5-4-13(26)10-16(19)27/h1-5,10-12H,6-9H2. The van der Waals surface area contributed by atoms with E-state index in [4.69, 9.17) is 32.7 Å². The molecule has 0 aliphatic carbocycles. The molecule has 3 heterocycles. The van der Waals surface area contributed by atoms with Crippen LogP contribution >= 0.6 is 23.2 Å². The Bertz CT molecular complexity index is 1440. The third kappa shape index (κ3) is 4.18. The van der Waals surface area contributed by atoms with Crippen molar-refractivity contribution in [1.82, 2.24) is 14.6 Å². The van der Waals surface area contributed by atoms with Gasteiger partial charge in [-0.1, -0.05) is 29.3 Å². The van der Waals surface area contributed by atoms with Crippen molar-refractivity contribution in [3.63, 3.8) is 0 Å². The zero-order chi connectivity index (χ0) is 23.8. The van der Waals surface area contributed by atoms with Crippen molar-refractivity contribution in [1.29, 1.82) is 0 Å². The Kier molecular flexibility index (Phi) is 6.07. The van der Waals surface area contributed by atoms with Gasteiger partial charge in [0.2, 0.25) is 0 Å². The van der Waals surface area contributed by atoms with Crippen LogP contribution in [0.25, 0.3) is 16.6 Å². The quantitative estimate of drug-likeness (QED) is 0.390. The molecule has 0 atom stereocenters. The largest absolute Gasteiger partial charge is 0.433 e. The van der Waals surface area contributed by atoms with Gasteiger partial charge in [0.15, 0.2) is 11.6 Å². The summed E-state index contributed by atoms with van der Waals surface area (Å²) in [4.78, 5) is 18.7. The lowest BCUT2D eigenvalue weighted by atomic mass is 10.1. The van der Waals surface area contributed by atoms with Crippen molar-refractivity contribution in [3.8, 4) is 22.8 Å². The van der Waals surface area contributed by atoms with Crippen LogP contribution in [0.1, 0.15) is 0 Å². The third-order valence-electron chi connectivity index (χ3n) is 5.36. The van der Waals surface area contributed by atoms with Crippen LogP contribution in [0, 0.1) is 11.6 Å². The molecule has 0 bridgehead atoms. The molecule has 0 saturated carbocycles. The van der Waals surface area contributed by atoms with Gasteiger partial charge in [-0.15, -0.1) is 5.10 Å². The Morgan fingerprint density at radius 3 is 2.44 bits per heavy atom. The van der Waals surface area contributed by atoms with Crippen LogP contribution in [0.3, 0.4) is 0 Å². The topological polar surface area (TPSA) is 69.0 Å². The van der Waals surface area contributed by atoms with Gasteiger partial charge in [-0.3, -0.25) is 4.79 Å². The number of ether oxygens (including phenoxy) is 2. The molecule has 1 aliphatic heterocycles. The zero-order valence-electron chi connectivity index (χ0n) is 17.5. The molecule has 4 aromatic rings. The highest BCUT2D eigenvalue weighted by molar-refractivity contribution is 6.39. The van der Waals surface area contributed by atoms with E-state index in [0.717, 1.165) is 12.1 Å². The molecule has 7 nitrogen and oxygen atoms in total. The number of rotatable bonds is 4. The minimum atomic E-state index is -0.878. The van der Waals surface area contributed by atoms with E-state index in [1.165, 1.54) is 16.9 Å². The molecule has 34 heavy (non-hydrogen) atoms. The predicted molar refractivity (Wildman–Crippen MR) is 124 cm³/mol. The summed E-state index contributed by atoms with van der Waals surface area (Å²) in [6, 6.07) is 9.59. The van der Waals surface area contributed by atoms with Crippen molar-refractivity contribution >= 4 is 34.4 Å². The van der Waals surface area contributed by atoms with Crippen molar-refractivity contribution in [3.05, 3.63) is 80.8 Å². The molecular weight excluding hydrogens is 489 g/mol. The number of anilines is 1. The van der Waals surface area contributed by atoms with Gasteiger partial charge in [0, 0.05) is 24.7 Å². The van der Waals surface area contributed by atoms with Gasteiger partial charge in [0.25, 0.3) is 11.4 Å². The Morgan fingerprint density at radius 2 is 1.74 bits per heavy atom. The molecule has 0 spiro atoms. The highest BCUT2D eigenvalue weighted by atomic mass is 35.5. The number of halogens is 4. The number of morpholine rings is 1. The summed E-state index contributed by atoms with van der Waals surface area (Å²) in [5, 5.41) is 5.02. The lowest BCUT2D eigenvalue weighted by Crippen LogP contribution is -2.36. The van der Waals surface area contributed by atoms with E-state index < -0.39 is 17.2 Å². The summed E-state index contributed by atoms with van der Waals surface area (Å²) in [5.74, 6) is -1.77. The summed E-state index contributed by atoms with van der Waals surface area (Å²) in [6.07, 6.45) is 1.23. The van der Waals surface area contributed by atoms with Crippen molar-refractivity contribution in [2.45, 2.75) is 0 Å². The summed E-state index contributed by atoms with van der Waals surface area (Å²) in [7, 11) is 0. The molecule has 1 saturated heterocycles. The molecule has 11 heteroatoms. The average Bonchev–Trinajstić information content (AvgIpc) is 2.82. The summed E-state index contributed by atoms with van der Waals surface area (Å²) in [5.41, 5.74) is 0.822. The van der Waals surface area contributed by atoms with E-state index >= 15 is 0 Å². The van der Waals surface area contributed by atoms with E-state index in [-0.39, 0.29) is 27.2 Å². The normalized spacial score (nSPS) is 13.9. The van der Waals surface area contributed by atoms with Gasteiger partial charge < -0.3 is 14.4 Å². The van der Waals surface area contributed by atoms with Crippen LogP contribution in [0.4, 0.5) is 14.5 Å². The van der Waals surface area contributed by atoms with Crippen molar-refractivity contribution in [2.75, 3.05) is 31.2 Å². The lowest BCUT2D eigenvalue weighted by Gasteiger charge is -2.30. The Morgan fingerprint density at radius 1 is 1.00 bits per heavy atom. The molecule has 2 aromatic carbocycles. The summed E-state index contributed by atoms with van der Waals surface area (Å²) < 4.78 is 40.2. The second-order valence-electron chi connectivity index (χ2n) is 7.46. The van der Waals surface area contributed by atoms with Crippen LogP contribution in [0.2, 0.25) is 10.0 Å². The van der Waals surface area contributed by atoms with Gasteiger partial charge in [-0.25, -0.2) is 13.3 Å². The number of fused-ring (bicyclic) bond motifs is 1. The fraction of sp³-hybridized carbons (Fsp3) is 0.174. The smallest absolute Gasteiger partial charge is 0.281 e. The maximum Gasteiger partial charge on any atom is 0.281 e. The molecule has 0 radical (unpaired) electrons. The van der Waals surface area contributed by atoms with Crippen LogP contribution in [0.5, 0.6) is 11.6 Å². The number of hydrogen-bond acceptors (Lipinski definition) is 6. The van der Waals surface area contributed by atoms with E-state index in [0.29, 0.717) is 43.1 Å². The Labute approximate surface area is 202 Å². The monoisotopic (exact) mass is 504 g/mol. The summed E-state index contributed by atoms with van der Waals surface area (Å²) in [6.45, 7) is 1.94. The van der Waals surface area contributed by atoms with Crippen molar-refractivity contribution < 1.29 is 18.3 Å². The molecular formula is C23H16Cl2F2N4O3. The molecule has 0 N–H and O–H groups in total. The fourth-order valence-corrected chi connectivity index (χ4v) is 4.34. The van der Waals surface area contributed by atoms with Crippen LogP contribution < -0.4 is 15.2 Å². The predicted octanol–water partition coefficient (Wildman–Crippen LogP) is 4.97.